The van der Waals surface area contributed by atoms with Crippen molar-refractivity contribution in [2.24, 2.45) is 16.8 Å². The summed E-state index contributed by atoms with van der Waals surface area (Å²) in [6.07, 6.45) is 7.96. The lowest BCUT2D eigenvalue weighted by Gasteiger charge is -2.19. The van der Waals surface area contributed by atoms with Crippen molar-refractivity contribution in [1.29, 1.82) is 0 Å². The Kier molecular flexibility index (Phi) is 5.35. The van der Waals surface area contributed by atoms with Gasteiger partial charge < -0.3 is 11.5 Å². The normalized spacial score (nSPS) is 22.3. The van der Waals surface area contributed by atoms with Crippen LogP contribution in [0.5, 0.6) is 0 Å². The monoisotopic (exact) mass is 224 g/mol. The van der Waals surface area contributed by atoms with Crippen LogP contribution in [-0.2, 0) is 0 Å². The van der Waals surface area contributed by atoms with Gasteiger partial charge in [0.05, 0.1) is 6.04 Å². The summed E-state index contributed by atoms with van der Waals surface area (Å²) in [5, 5.41) is 3.19. The maximum Gasteiger partial charge on any atom is 0.128 e. The third-order valence-electron chi connectivity index (χ3n) is 3.08. The number of hydrogen-bond donors (Lipinski definition) is 2. The summed E-state index contributed by atoms with van der Waals surface area (Å²) in [5.41, 5.74) is 11.7. The van der Waals surface area contributed by atoms with Crippen molar-refractivity contribution < 1.29 is 5.73 Å². The van der Waals surface area contributed by atoms with Crippen molar-refractivity contribution in [3.8, 4) is 0 Å². The molecule has 0 radical (unpaired) electrons. The minimum Gasteiger partial charge on any atom is -0.326 e. The van der Waals surface area contributed by atoms with Gasteiger partial charge in [-0.25, -0.2) is 0 Å². The number of nitroso groups, excluding NO2 is 1. The van der Waals surface area contributed by atoms with Crippen LogP contribution in [0.15, 0.2) is 28.6 Å². The number of hydrogen-bond acceptors (Lipinski definition) is 3. The SMILES string of the molecule is CCCC(CC1C=C(CN)C([NH3+])=CC1)N=O. The third kappa shape index (κ3) is 3.54. The van der Waals surface area contributed by atoms with E-state index in [9.17, 15) is 4.91 Å². The fraction of sp³-hybridized carbons (Fsp3) is 0.667. The number of nitrogens with zero attached hydrogens (tertiary/aromatic N) is 1. The summed E-state index contributed by atoms with van der Waals surface area (Å²) in [4.78, 5) is 10.7. The number of allylic oxidation sites excluding steroid dienone is 2. The van der Waals surface area contributed by atoms with Gasteiger partial charge in [0, 0.05) is 12.1 Å². The van der Waals surface area contributed by atoms with E-state index in [1.54, 1.807) is 0 Å². The van der Waals surface area contributed by atoms with Crippen LogP contribution in [0.1, 0.15) is 32.6 Å². The van der Waals surface area contributed by atoms with E-state index in [-0.39, 0.29) is 6.04 Å². The Morgan fingerprint density at radius 3 is 3.00 bits per heavy atom. The van der Waals surface area contributed by atoms with E-state index >= 15 is 0 Å². The Balaban J connectivity index is 2.56. The van der Waals surface area contributed by atoms with E-state index in [2.05, 4.69) is 30.0 Å². The molecular formula is C12H22N3O+. The van der Waals surface area contributed by atoms with Crippen molar-refractivity contribution >= 4 is 0 Å². The lowest BCUT2D eigenvalue weighted by atomic mass is 9.88. The smallest absolute Gasteiger partial charge is 0.128 e. The average Bonchev–Trinajstić information content (AvgIpc) is 2.30. The van der Waals surface area contributed by atoms with Crippen LogP contribution in [0.4, 0.5) is 0 Å². The summed E-state index contributed by atoms with van der Waals surface area (Å²) in [6, 6.07) is -0.0509. The molecule has 2 atom stereocenters. The van der Waals surface area contributed by atoms with Gasteiger partial charge in [-0.05, 0) is 31.3 Å². The van der Waals surface area contributed by atoms with Crippen LogP contribution in [0.25, 0.3) is 0 Å². The molecule has 1 aliphatic rings. The quantitative estimate of drug-likeness (QED) is 0.667. The molecule has 0 amide bonds. The lowest BCUT2D eigenvalue weighted by molar-refractivity contribution is -0.298. The molecule has 0 aromatic carbocycles. The van der Waals surface area contributed by atoms with E-state index in [1.807, 2.05) is 0 Å². The molecule has 0 saturated carbocycles. The van der Waals surface area contributed by atoms with E-state index in [1.165, 1.54) is 0 Å². The third-order valence-corrected chi connectivity index (χ3v) is 3.08. The molecule has 0 bridgehead atoms. The molecule has 4 nitrogen and oxygen atoms in total. The summed E-state index contributed by atoms with van der Waals surface area (Å²) in [5.74, 6) is 0.401. The first-order chi connectivity index (χ1) is 7.71. The Morgan fingerprint density at radius 2 is 2.44 bits per heavy atom. The Bertz CT molecular complexity index is 297. The zero-order valence-corrected chi connectivity index (χ0v) is 9.98. The Labute approximate surface area is 96.7 Å². The van der Waals surface area contributed by atoms with Crippen molar-refractivity contribution in [1.82, 2.24) is 0 Å². The van der Waals surface area contributed by atoms with Crippen LogP contribution in [-0.4, -0.2) is 12.6 Å². The minimum absolute atomic E-state index is 0.0509. The van der Waals surface area contributed by atoms with Gasteiger partial charge in [0.1, 0.15) is 5.70 Å². The first-order valence-corrected chi connectivity index (χ1v) is 5.97. The second kappa shape index (κ2) is 6.55. The molecule has 0 aromatic rings. The second-order valence-corrected chi connectivity index (χ2v) is 4.40. The van der Waals surface area contributed by atoms with Crippen molar-refractivity contribution in [3.63, 3.8) is 0 Å². The molecule has 1 rings (SSSR count). The molecule has 5 N–H and O–H groups in total. The zero-order valence-electron chi connectivity index (χ0n) is 9.98. The lowest BCUT2D eigenvalue weighted by Crippen LogP contribution is -2.50. The standard InChI is InChI=1S/C12H21N3O/c1-2-3-11(15-16)7-9-4-5-12(14)10(6-9)8-13/h5-6,9,11H,2-4,7-8,13-14H2,1H3/p+1. The van der Waals surface area contributed by atoms with Gasteiger partial charge in [-0.15, -0.1) is 0 Å². The molecule has 0 fully saturated rings. The number of nitrogens with two attached hydrogens (primary N) is 1. The molecule has 0 spiro atoms. The second-order valence-electron chi connectivity index (χ2n) is 4.40. The maximum atomic E-state index is 10.7. The molecule has 0 aromatic heterocycles. The Morgan fingerprint density at radius 1 is 1.69 bits per heavy atom. The fourth-order valence-electron chi connectivity index (χ4n) is 2.14. The van der Waals surface area contributed by atoms with E-state index in [4.69, 9.17) is 5.73 Å². The summed E-state index contributed by atoms with van der Waals surface area (Å²) in [7, 11) is 0. The first-order valence-electron chi connectivity index (χ1n) is 5.97. The van der Waals surface area contributed by atoms with Gasteiger partial charge in [0.15, 0.2) is 0 Å². The van der Waals surface area contributed by atoms with E-state index < -0.39 is 0 Å². The zero-order chi connectivity index (χ0) is 12.0. The number of rotatable bonds is 6. The van der Waals surface area contributed by atoms with Crippen LogP contribution in [0.3, 0.4) is 0 Å². The van der Waals surface area contributed by atoms with Crippen LogP contribution >= 0.6 is 0 Å². The fourth-order valence-corrected chi connectivity index (χ4v) is 2.14. The highest BCUT2D eigenvalue weighted by molar-refractivity contribution is 5.29. The van der Waals surface area contributed by atoms with Crippen molar-refractivity contribution in [2.75, 3.05) is 6.54 Å². The van der Waals surface area contributed by atoms with Crippen molar-refractivity contribution in [3.05, 3.63) is 28.3 Å². The van der Waals surface area contributed by atoms with Crippen LogP contribution < -0.4 is 11.5 Å². The van der Waals surface area contributed by atoms with Gasteiger partial charge in [0.25, 0.3) is 0 Å². The molecule has 2 unspecified atom stereocenters. The van der Waals surface area contributed by atoms with E-state index in [0.717, 1.165) is 37.0 Å². The maximum absolute atomic E-state index is 10.7. The van der Waals surface area contributed by atoms with E-state index in [0.29, 0.717) is 12.5 Å². The average molecular weight is 224 g/mol. The number of quaternary nitrogens is 1. The molecule has 16 heavy (non-hydrogen) atoms. The molecule has 0 saturated heterocycles. The van der Waals surface area contributed by atoms with Gasteiger partial charge in [0.2, 0.25) is 0 Å². The first kappa shape index (κ1) is 13.1. The largest absolute Gasteiger partial charge is 0.326 e. The van der Waals surface area contributed by atoms with Crippen molar-refractivity contribution in [2.45, 2.75) is 38.6 Å². The molecule has 4 heteroatoms. The van der Waals surface area contributed by atoms with Gasteiger partial charge >= 0.3 is 0 Å². The molecule has 0 heterocycles. The van der Waals surface area contributed by atoms with Gasteiger partial charge in [-0.1, -0.05) is 24.6 Å². The molecular weight excluding hydrogens is 202 g/mol. The summed E-state index contributed by atoms with van der Waals surface area (Å²) >= 11 is 0. The highest BCUT2D eigenvalue weighted by Gasteiger charge is 2.19. The minimum atomic E-state index is -0.0509. The predicted octanol–water partition coefficient (Wildman–Crippen LogP) is 1.34. The molecule has 0 aliphatic heterocycles. The topological polar surface area (TPSA) is 83.1 Å². The summed E-state index contributed by atoms with van der Waals surface area (Å²) in [6.45, 7) is 2.60. The highest BCUT2D eigenvalue weighted by Crippen LogP contribution is 2.24. The molecule has 90 valence electrons. The highest BCUT2D eigenvalue weighted by atomic mass is 16.3. The van der Waals surface area contributed by atoms with Crippen LogP contribution in [0.2, 0.25) is 0 Å². The Hall–Kier alpha value is -1.00. The molecule has 1 aliphatic carbocycles. The van der Waals surface area contributed by atoms with Crippen LogP contribution in [0, 0.1) is 10.8 Å². The van der Waals surface area contributed by atoms with Gasteiger partial charge in [-0.2, -0.15) is 4.91 Å². The van der Waals surface area contributed by atoms with Gasteiger partial charge in [-0.3, -0.25) is 0 Å². The predicted molar refractivity (Wildman–Crippen MR) is 65.3 cm³/mol. The summed E-state index contributed by atoms with van der Waals surface area (Å²) < 4.78 is 0.